The minimum atomic E-state index is -1.81. The zero-order valence-electron chi connectivity index (χ0n) is 30.5. The molecule has 0 aromatic heterocycles. The maximum atomic E-state index is 6.60. The Labute approximate surface area is 302 Å². The number of halogens is 1. The largest absolute Gasteiger partial charge is 0.411 e. The summed E-state index contributed by atoms with van der Waals surface area (Å²) in [5.74, 6) is 2.85. The van der Waals surface area contributed by atoms with Gasteiger partial charge in [-0.2, -0.15) is 0 Å². The van der Waals surface area contributed by atoms with Crippen LogP contribution in [-0.2, 0) is 21.7 Å². The van der Waals surface area contributed by atoms with E-state index in [4.69, 9.17) is 15.3 Å². The Morgan fingerprint density at radius 1 is 0.660 bits per heavy atom. The Morgan fingerprint density at radius 2 is 1.09 bits per heavy atom. The predicted molar refractivity (Wildman–Crippen MR) is 221 cm³/mol. The van der Waals surface area contributed by atoms with Gasteiger partial charge in [-0.15, -0.1) is 6.42 Å². The molecule has 2 unspecified atom stereocenters. The van der Waals surface area contributed by atoms with E-state index in [0.717, 1.165) is 25.7 Å². The first-order valence-corrected chi connectivity index (χ1v) is 24.1. The molecule has 0 aliphatic heterocycles. The summed E-state index contributed by atoms with van der Waals surface area (Å²) in [5.41, 5.74) is 2.71. The van der Waals surface area contributed by atoms with Crippen LogP contribution in [0.1, 0.15) is 65.5 Å². The van der Waals surface area contributed by atoms with Crippen LogP contribution in [-0.4, -0.2) is 28.8 Å². The van der Waals surface area contributed by atoms with Crippen LogP contribution in [0.15, 0.2) is 95.1 Å². The lowest BCUT2D eigenvalue weighted by atomic mass is 10.0. The Kier molecular flexibility index (Phi) is 14.1. The number of hydrogen-bond acceptors (Lipinski definition) is 2. The summed E-state index contributed by atoms with van der Waals surface area (Å²) in [4.78, 5) is 0. The van der Waals surface area contributed by atoms with Crippen LogP contribution in [0.3, 0.4) is 0 Å². The van der Waals surface area contributed by atoms with Crippen LogP contribution >= 0.6 is 22.6 Å². The minimum absolute atomic E-state index is 0.0950. The van der Waals surface area contributed by atoms with E-state index in [-0.39, 0.29) is 22.3 Å². The lowest BCUT2D eigenvalue weighted by Gasteiger charge is -2.38. The van der Waals surface area contributed by atoms with Gasteiger partial charge < -0.3 is 8.85 Å². The Hall–Kier alpha value is -2.22. The fourth-order valence-electron chi connectivity index (χ4n) is 4.93. The van der Waals surface area contributed by atoms with Crippen LogP contribution in [0.2, 0.25) is 36.3 Å². The van der Waals surface area contributed by atoms with Crippen molar-refractivity contribution in [1.29, 1.82) is 0 Å². The third-order valence-electron chi connectivity index (χ3n) is 10.0. The smallest absolute Gasteiger partial charge is 0.193 e. The molecule has 0 bridgehead atoms. The normalized spacial score (nSPS) is 14.1. The molecule has 2 nitrogen and oxygen atoms in total. The van der Waals surface area contributed by atoms with E-state index in [2.05, 4.69) is 191 Å². The lowest BCUT2D eigenvalue weighted by molar-refractivity contribution is 0.215. The first kappa shape index (κ1) is 39.2. The highest BCUT2D eigenvalue weighted by Crippen LogP contribution is 2.39. The Bertz CT molecular complexity index is 1650. The molecule has 0 N–H and O–H groups in total. The Morgan fingerprint density at radius 3 is 1.51 bits per heavy atom. The van der Waals surface area contributed by atoms with Gasteiger partial charge in [0.05, 0.1) is 6.10 Å². The van der Waals surface area contributed by atoms with Gasteiger partial charge in [-0.05, 0) is 98.7 Å². The number of terminal acetylenes is 1. The van der Waals surface area contributed by atoms with Crippen molar-refractivity contribution in [2.24, 2.45) is 0 Å². The minimum Gasteiger partial charge on any atom is -0.411 e. The topological polar surface area (TPSA) is 18.5 Å². The molecule has 0 radical (unpaired) electrons. The number of hydrogen-bond donors (Lipinski definition) is 0. The second-order valence-corrected chi connectivity index (χ2v) is 25.9. The number of benzene rings is 4. The molecular formula is C42H57IO2Si2. The second kappa shape index (κ2) is 16.9. The average Bonchev–Trinajstić information content (AvgIpc) is 3.01. The number of rotatable bonds is 11. The number of aryl methyl sites for hydroxylation is 2. The predicted octanol–water partition coefficient (Wildman–Crippen LogP) is 12.9. The molecule has 0 aliphatic carbocycles. The molecule has 252 valence electrons. The molecule has 4 aromatic carbocycles. The highest BCUT2D eigenvalue weighted by Gasteiger charge is 2.39. The summed E-state index contributed by atoms with van der Waals surface area (Å²) < 4.78 is 15.1. The SMILES string of the molecule is C#CC(CCc1ccc2ccccc2c1)O[Si](C)(C)C(C)(C)C.CC(C)(C)[Si](C)(C)OC(/C=C/I)CCc1ccc2ccccc2c1. The monoisotopic (exact) mass is 776 g/mol. The molecule has 5 heteroatoms. The van der Waals surface area contributed by atoms with Crippen LogP contribution in [0.5, 0.6) is 0 Å². The van der Waals surface area contributed by atoms with Gasteiger partial charge in [0.25, 0.3) is 0 Å². The molecule has 0 amide bonds. The molecule has 0 fully saturated rings. The van der Waals surface area contributed by atoms with E-state index in [1.165, 1.54) is 32.7 Å². The second-order valence-electron chi connectivity index (χ2n) is 15.7. The van der Waals surface area contributed by atoms with Gasteiger partial charge in [0.2, 0.25) is 0 Å². The fourth-order valence-corrected chi connectivity index (χ4v) is 7.96. The van der Waals surface area contributed by atoms with Gasteiger partial charge in [0.1, 0.15) is 6.10 Å². The first-order valence-electron chi connectivity index (χ1n) is 17.0. The molecule has 0 aliphatic rings. The van der Waals surface area contributed by atoms with Crippen LogP contribution in [0, 0.1) is 12.3 Å². The molecule has 0 saturated carbocycles. The highest BCUT2D eigenvalue weighted by molar-refractivity contribution is 14.1. The molecule has 0 saturated heterocycles. The third-order valence-corrected chi connectivity index (χ3v) is 19.4. The third kappa shape index (κ3) is 11.7. The maximum absolute atomic E-state index is 6.60. The van der Waals surface area contributed by atoms with E-state index < -0.39 is 16.6 Å². The lowest BCUT2D eigenvalue weighted by Crippen LogP contribution is -2.43. The zero-order chi connectivity index (χ0) is 34.9. The van der Waals surface area contributed by atoms with Crippen molar-refractivity contribution in [1.82, 2.24) is 0 Å². The van der Waals surface area contributed by atoms with Gasteiger partial charge in [-0.3, -0.25) is 0 Å². The molecule has 47 heavy (non-hydrogen) atoms. The molecule has 4 rings (SSSR count). The molecular weight excluding hydrogens is 720 g/mol. The summed E-state index contributed by atoms with van der Waals surface area (Å²) in [5, 5.41) is 5.62. The summed E-state index contributed by atoms with van der Waals surface area (Å²) in [7, 11) is -3.56. The van der Waals surface area contributed by atoms with Gasteiger partial charge in [0.15, 0.2) is 16.6 Å². The maximum Gasteiger partial charge on any atom is 0.193 e. The standard InChI is InChI=1S/C21H29IOSi.C21H28OSi/c1-21(2,3)24(4,5)23-20(14-15-22)13-11-17-10-12-18-8-6-7-9-19(18)16-17;1-7-20(22-23(5,6)21(2,3)4)15-13-17-12-14-18-10-8-9-11-19(18)16-17/h6-10,12,14-16,20H,11,13H2,1-5H3;1,8-12,14,16,20H,13,15H2,2-6H3/b15-14+;. The van der Waals surface area contributed by atoms with E-state index >= 15 is 0 Å². The van der Waals surface area contributed by atoms with E-state index in [9.17, 15) is 0 Å². The highest BCUT2D eigenvalue weighted by atomic mass is 127. The quantitative estimate of drug-likeness (QED) is 0.0858. The van der Waals surface area contributed by atoms with Crippen molar-refractivity contribution in [2.75, 3.05) is 0 Å². The average molecular weight is 777 g/mol. The van der Waals surface area contributed by atoms with Gasteiger partial charge in [0, 0.05) is 0 Å². The fraction of sp³-hybridized carbons (Fsp3) is 0.429. The van der Waals surface area contributed by atoms with Crippen LogP contribution in [0.4, 0.5) is 0 Å². The van der Waals surface area contributed by atoms with Crippen molar-refractivity contribution < 1.29 is 8.85 Å². The van der Waals surface area contributed by atoms with Gasteiger partial charge in [-0.1, -0.05) is 161 Å². The van der Waals surface area contributed by atoms with Gasteiger partial charge in [-0.25, -0.2) is 0 Å². The molecule has 2 atom stereocenters. The summed E-state index contributed by atoms with van der Waals surface area (Å²) in [6.07, 6.45) is 12.0. The van der Waals surface area contributed by atoms with Gasteiger partial charge >= 0.3 is 0 Å². The zero-order valence-corrected chi connectivity index (χ0v) is 34.7. The number of fused-ring (bicyclic) bond motifs is 2. The Balaban J connectivity index is 0.000000256. The molecule has 0 heterocycles. The molecule has 0 spiro atoms. The van der Waals surface area contributed by atoms with E-state index in [1.807, 2.05) is 0 Å². The van der Waals surface area contributed by atoms with E-state index in [0.29, 0.717) is 0 Å². The van der Waals surface area contributed by atoms with E-state index in [1.54, 1.807) is 0 Å². The summed E-state index contributed by atoms with van der Waals surface area (Å²) in [6.45, 7) is 22.8. The van der Waals surface area contributed by atoms with Crippen molar-refractivity contribution in [3.8, 4) is 12.3 Å². The van der Waals surface area contributed by atoms with Crippen molar-refractivity contribution >= 4 is 60.8 Å². The first-order chi connectivity index (χ1) is 22.0. The van der Waals surface area contributed by atoms with Crippen molar-refractivity contribution in [3.63, 3.8) is 0 Å². The van der Waals surface area contributed by atoms with Crippen molar-refractivity contribution in [2.45, 2.75) is 116 Å². The molecule has 4 aromatic rings. The van der Waals surface area contributed by atoms with Crippen LogP contribution in [0.25, 0.3) is 21.5 Å². The summed E-state index contributed by atoms with van der Waals surface area (Å²) >= 11 is 2.30. The summed E-state index contributed by atoms with van der Waals surface area (Å²) in [6, 6.07) is 30.4. The van der Waals surface area contributed by atoms with Crippen molar-refractivity contribution in [3.05, 3.63) is 106 Å². The van der Waals surface area contributed by atoms with Crippen LogP contribution < -0.4 is 0 Å².